The largest absolute Gasteiger partial charge is 0.0776 e. The summed E-state index contributed by atoms with van der Waals surface area (Å²) in [6, 6.07) is 21.2. The third-order valence-electron chi connectivity index (χ3n) is 17.1. The topological polar surface area (TPSA) is 0 Å². The molecule has 0 unspecified atom stereocenters. The van der Waals surface area contributed by atoms with Gasteiger partial charge in [-0.05, 0) is 65.9 Å². The Morgan fingerprint density at radius 2 is 0.487 bits per heavy atom. The Bertz CT molecular complexity index is 1220. The van der Waals surface area contributed by atoms with E-state index >= 15 is 0 Å². The zero-order valence-electron chi connectivity index (χ0n) is 49.4. The smallest absolute Gasteiger partial charge is 0.0279 e. The molecule has 0 aromatic heterocycles. The first-order chi connectivity index (χ1) is 34.5. The summed E-state index contributed by atoms with van der Waals surface area (Å²) in [7, 11) is 0. The maximum absolute atomic E-state index is 2.32. The van der Waals surface area contributed by atoms with Crippen LogP contribution in [-0.4, -0.2) is 0 Å². The summed E-state index contributed by atoms with van der Waals surface area (Å²) in [4.78, 5) is 0. The number of hydrogen-bond acceptors (Lipinski definition) is 0. The molecule has 0 heteroatoms. The maximum atomic E-state index is 2.32. The van der Waals surface area contributed by atoms with Crippen LogP contribution in [0.4, 0.5) is 0 Å². The summed E-state index contributed by atoms with van der Waals surface area (Å²) in [5, 5.41) is 0. The standard InChI is InChI=1S/C10H20.C10H14.C9H18.C9H12.C9H18.2C8H16.C7H14.8CH4/c2*1-2-3-7-10-8-5-4-6-9-10;2*1-2-6-9-7-4-3-5-8-9;1-2-3-6-9-7-4-5-8-9;1-2-8-6-4-3-5-7-8;1-2-5-8-6-3-4-7-8;1-2-7-5-3-4-6-7;;;;;;;;/h10H,2-9H2,1H3;4-6,8-9H,2-3,7H2,1H3;9H,2-8H2,1H3;3-5,7-8H,2,6H2,1H3;9H,2-8H2,1H3;2*8H,2-7H2,1H3;7H,2-6H2,1H3;8*1H4. The Morgan fingerprint density at radius 1 is 0.244 bits per heavy atom. The molecule has 6 fully saturated rings. The van der Waals surface area contributed by atoms with Gasteiger partial charge in [-0.2, -0.15) is 0 Å². The average Bonchev–Trinajstić information content (AvgIpc) is 4.27. The molecular weight excluding hydrogens is 937 g/mol. The molecule has 0 atom stereocenters. The molecule has 0 bridgehead atoms. The van der Waals surface area contributed by atoms with Crippen molar-refractivity contribution >= 4 is 0 Å². The Labute approximate surface area is 502 Å². The second kappa shape index (κ2) is 71.5. The Hall–Kier alpha value is -1.56. The van der Waals surface area contributed by atoms with E-state index in [0.29, 0.717) is 0 Å². The lowest BCUT2D eigenvalue weighted by Crippen LogP contribution is -2.05. The summed E-state index contributed by atoms with van der Waals surface area (Å²) in [6.07, 6.45) is 64.4. The zero-order valence-corrected chi connectivity index (χ0v) is 49.4. The maximum Gasteiger partial charge on any atom is -0.0279 e. The highest BCUT2D eigenvalue weighted by Gasteiger charge is 2.15. The minimum atomic E-state index is 0. The lowest BCUT2D eigenvalue weighted by molar-refractivity contribution is 0.331. The first kappa shape index (κ1) is 92.9. The third-order valence-corrected chi connectivity index (χ3v) is 17.1. The number of rotatable bonds is 17. The van der Waals surface area contributed by atoms with Gasteiger partial charge in [-0.15, -0.1) is 0 Å². The Kier molecular flexibility index (Phi) is 85.2. The fourth-order valence-corrected chi connectivity index (χ4v) is 12.3. The van der Waals surface area contributed by atoms with Gasteiger partial charge in [0.1, 0.15) is 0 Å². The second-order valence-electron chi connectivity index (χ2n) is 23.5. The quantitative estimate of drug-likeness (QED) is 0.148. The van der Waals surface area contributed by atoms with E-state index in [1.54, 1.807) is 0 Å². The Balaban J connectivity index is -0.000000118. The summed E-state index contributed by atoms with van der Waals surface area (Å²) in [5.41, 5.74) is 2.91. The molecule has 0 heterocycles. The van der Waals surface area contributed by atoms with E-state index in [1.165, 1.54) is 294 Å². The van der Waals surface area contributed by atoms with Crippen molar-refractivity contribution < 1.29 is 0 Å². The number of unbranched alkanes of at least 4 members (excludes halogenated alkanes) is 3. The van der Waals surface area contributed by atoms with E-state index in [-0.39, 0.29) is 59.4 Å². The SMILES string of the molecule is C.C.C.C.C.C.C.C.CCC1CCCC1.CCC1CCCCC1.CCCC1CCCC1.CCCC1CCCCC1.CCCCC1CCCC1.CCCCC1CCCCC1.CCCCc1ccccc1.CCCc1ccccc1. The van der Waals surface area contributed by atoms with Crippen molar-refractivity contribution in [3.8, 4) is 0 Å². The molecule has 8 rings (SSSR count). The number of aryl methyl sites for hydroxylation is 2. The van der Waals surface area contributed by atoms with Gasteiger partial charge in [0, 0.05) is 0 Å². The minimum absolute atomic E-state index is 0. The predicted molar refractivity (Wildman–Crippen MR) is 374 cm³/mol. The van der Waals surface area contributed by atoms with Crippen LogP contribution < -0.4 is 0 Å². The van der Waals surface area contributed by atoms with Crippen LogP contribution in [0.1, 0.15) is 396 Å². The molecule has 6 aliphatic carbocycles. The highest BCUT2D eigenvalue weighted by molar-refractivity contribution is 5.15. The zero-order chi connectivity index (χ0) is 50.8. The van der Waals surface area contributed by atoms with Crippen molar-refractivity contribution in [3.63, 3.8) is 0 Å². The molecule has 0 radical (unpaired) electrons. The van der Waals surface area contributed by atoms with Gasteiger partial charge in [-0.25, -0.2) is 0 Å². The normalized spacial score (nSPS) is 16.9. The fourth-order valence-electron chi connectivity index (χ4n) is 12.3. The number of hydrogen-bond donors (Lipinski definition) is 0. The van der Waals surface area contributed by atoms with E-state index in [2.05, 4.69) is 116 Å². The van der Waals surface area contributed by atoms with Crippen LogP contribution in [-0.2, 0) is 12.8 Å². The first-order valence-corrected chi connectivity index (χ1v) is 32.5. The van der Waals surface area contributed by atoms with Crippen LogP contribution in [0.25, 0.3) is 0 Å². The van der Waals surface area contributed by atoms with Crippen molar-refractivity contribution in [2.24, 2.45) is 35.5 Å². The van der Waals surface area contributed by atoms with Crippen LogP contribution in [0.15, 0.2) is 60.7 Å². The van der Waals surface area contributed by atoms with Gasteiger partial charge in [-0.3, -0.25) is 0 Å². The second-order valence-corrected chi connectivity index (χ2v) is 23.5. The van der Waals surface area contributed by atoms with Gasteiger partial charge in [0.15, 0.2) is 0 Å². The van der Waals surface area contributed by atoms with Gasteiger partial charge in [0.25, 0.3) is 0 Å². The molecule has 6 aliphatic rings. The molecule has 2 aromatic carbocycles. The lowest BCUT2D eigenvalue weighted by atomic mass is 9.86. The van der Waals surface area contributed by atoms with Crippen LogP contribution in [0.3, 0.4) is 0 Å². The minimum Gasteiger partial charge on any atom is -0.0776 e. The van der Waals surface area contributed by atoms with Crippen LogP contribution in [0.5, 0.6) is 0 Å². The van der Waals surface area contributed by atoms with E-state index < -0.39 is 0 Å². The fraction of sp³-hybridized carbons (Fsp3) is 0.846. The average molecular weight is 1100 g/mol. The molecule has 0 N–H and O–H groups in total. The summed E-state index contributed by atoms with van der Waals surface area (Å²) >= 11 is 0. The lowest BCUT2D eigenvalue weighted by Gasteiger charge is -2.20. The number of benzene rings is 2. The van der Waals surface area contributed by atoms with Crippen molar-refractivity contribution in [1.82, 2.24) is 0 Å². The third kappa shape index (κ3) is 56.3. The molecule has 0 nitrogen and oxygen atoms in total. The van der Waals surface area contributed by atoms with Gasteiger partial charge < -0.3 is 0 Å². The highest BCUT2D eigenvalue weighted by Crippen LogP contribution is 2.31. The molecule has 78 heavy (non-hydrogen) atoms. The predicted octanol–water partition coefficient (Wildman–Crippen LogP) is 29.8. The molecule has 0 spiro atoms. The van der Waals surface area contributed by atoms with E-state index in [9.17, 15) is 0 Å². The van der Waals surface area contributed by atoms with E-state index in [0.717, 1.165) is 35.5 Å². The van der Waals surface area contributed by atoms with Crippen LogP contribution in [0, 0.1) is 35.5 Å². The Morgan fingerprint density at radius 3 is 0.718 bits per heavy atom. The summed E-state index contributed by atoms with van der Waals surface area (Å²) in [6.45, 7) is 18.2. The van der Waals surface area contributed by atoms with Gasteiger partial charge in [-0.1, -0.05) is 439 Å². The van der Waals surface area contributed by atoms with Crippen molar-refractivity contribution in [1.29, 1.82) is 0 Å². The van der Waals surface area contributed by atoms with Gasteiger partial charge >= 0.3 is 0 Å². The van der Waals surface area contributed by atoms with E-state index in [4.69, 9.17) is 0 Å². The van der Waals surface area contributed by atoms with Crippen LogP contribution >= 0.6 is 0 Å². The molecule has 0 aliphatic heterocycles. The van der Waals surface area contributed by atoms with Crippen molar-refractivity contribution in [3.05, 3.63) is 71.8 Å². The summed E-state index contributed by atoms with van der Waals surface area (Å²) < 4.78 is 0. The molecule has 6 saturated carbocycles. The van der Waals surface area contributed by atoms with Gasteiger partial charge in [0.05, 0.1) is 0 Å². The van der Waals surface area contributed by atoms with Gasteiger partial charge in [0.2, 0.25) is 0 Å². The van der Waals surface area contributed by atoms with E-state index in [1.807, 2.05) is 0 Å². The first-order valence-electron chi connectivity index (χ1n) is 32.5. The molecule has 2 aromatic rings. The molecular formula is C78H160. The van der Waals surface area contributed by atoms with Crippen LogP contribution in [0.2, 0.25) is 0 Å². The molecule has 0 saturated heterocycles. The van der Waals surface area contributed by atoms with Crippen molar-refractivity contribution in [2.45, 2.75) is 397 Å². The summed E-state index contributed by atoms with van der Waals surface area (Å²) in [5.74, 6) is 6.62. The molecule has 0 amide bonds. The van der Waals surface area contributed by atoms with Crippen molar-refractivity contribution in [2.75, 3.05) is 0 Å². The highest BCUT2D eigenvalue weighted by atomic mass is 14.2. The monoisotopic (exact) mass is 1100 g/mol. The molecule has 472 valence electrons.